The number of aromatic nitrogens is 1. The lowest BCUT2D eigenvalue weighted by Crippen LogP contribution is -2.44. The molecule has 0 saturated heterocycles. The second-order valence-corrected chi connectivity index (χ2v) is 6.09. The van der Waals surface area contributed by atoms with Crippen molar-refractivity contribution in [1.82, 2.24) is 9.88 Å². The summed E-state index contributed by atoms with van der Waals surface area (Å²) in [6.45, 7) is 0.689. The van der Waals surface area contributed by atoms with E-state index in [-0.39, 0.29) is 12.5 Å². The predicted molar refractivity (Wildman–Crippen MR) is 94.6 cm³/mol. The smallest absolute Gasteiger partial charge is 0.267 e. The lowest BCUT2D eigenvalue weighted by atomic mass is 10.1. The van der Waals surface area contributed by atoms with Crippen molar-refractivity contribution in [3.8, 4) is 11.5 Å². The minimum Gasteiger partial charge on any atom is -0.485 e. The van der Waals surface area contributed by atoms with E-state index in [1.807, 2.05) is 48.5 Å². The maximum Gasteiger partial charge on any atom is 0.267 e. The van der Waals surface area contributed by atoms with Gasteiger partial charge in [-0.25, -0.2) is 0 Å². The molecule has 0 saturated carbocycles. The first-order valence-corrected chi connectivity index (χ1v) is 8.18. The van der Waals surface area contributed by atoms with Crippen molar-refractivity contribution in [1.29, 1.82) is 0 Å². The standard InChI is InChI=1S/C20H18N2O3/c1-22(12-14-10-15-6-2-3-7-16(15)21-11-14)20(23)19-13-24-17-8-4-5-9-18(17)25-19/h2-11,19H,12-13H2,1H3/t19-/m1/s1. The fraction of sp³-hybridized carbons (Fsp3) is 0.200. The van der Waals surface area contributed by atoms with E-state index in [2.05, 4.69) is 11.1 Å². The van der Waals surface area contributed by atoms with Gasteiger partial charge >= 0.3 is 0 Å². The van der Waals surface area contributed by atoms with Gasteiger partial charge in [0.2, 0.25) is 6.10 Å². The summed E-state index contributed by atoms with van der Waals surface area (Å²) >= 11 is 0. The molecule has 0 aliphatic carbocycles. The molecule has 0 bridgehead atoms. The molecule has 3 aromatic rings. The van der Waals surface area contributed by atoms with Crippen LogP contribution in [0.5, 0.6) is 11.5 Å². The fourth-order valence-electron chi connectivity index (χ4n) is 2.94. The molecule has 126 valence electrons. The van der Waals surface area contributed by atoms with Crippen molar-refractivity contribution in [3.63, 3.8) is 0 Å². The Balaban J connectivity index is 1.47. The maximum atomic E-state index is 12.7. The summed E-state index contributed by atoms with van der Waals surface area (Å²) in [5, 5.41) is 1.06. The van der Waals surface area contributed by atoms with Gasteiger partial charge in [0.25, 0.3) is 5.91 Å². The number of fused-ring (bicyclic) bond motifs is 2. The molecule has 0 N–H and O–H groups in total. The average molecular weight is 334 g/mol. The van der Waals surface area contributed by atoms with Crippen molar-refractivity contribution >= 4 is 16.8 Å². The van der Waals surface area contributed by atoms with Crippen LogP contribution in [0.1, 0.15) is 5.56 Å². The summed E-state index contributed by atoms with van der Waals surface area (Å²) in [7, 11) is 1.77. The van der Waals surface area contributed by atoms with E-state index < -0.39 is 6.10 Å². The number of carbonyl (C=O) groups excluding carboxylic acids is 1. The molecule has 1 aromatic heterocycles. The molecule has 2 aromatic carbocycles. The average Bonchev–Trinajstić information content (AvgIpc) is 2.67. The van der Waals surface area contributed by atoms with Gasteiger partial charge in [0.05, 0.1) is 5.52 Å². The number of benzene rings is 2. The molecule has 1 aliphatic heterocycles. The van der Waals surface area contributed by atoms with Gasteiger partial charge in [-0.1, -0.05) is 30.3 Å². The number of likely N-dealkylation sites (N-methyl/N-ethyl adjacent to an activating group) is 1. The summed E-state index contributed by atoms with van der Waals surface area (Å²) in [6.07, 6.45) is 1.17. The molecule has 4 rings (SSSR count). The first kappa shape index (κ1) is 15.4. The predicted octanol–water partition coefficient (Wildman–Crippen LogP) is 3.03. The number of para-hydroxylation sites is 3. The third-order valence-corrected chi connectivity index (χ3v) is 4.23. The summed E-state index contributed by atoms with van der Waals surface area (Å²) in [5.41, 5.74) is 1.92. The van der Waals surface area contributed by atoms with Crippen molar-refractivity contribution in [3.05, 3.63) is 66.4 Å². The fourth-order valence-corrected chi connectivity index (χ4v) is 2.94. The summed E-state index contributed by atoms with van der Waals surface area (Å²) in [5.74, 6) is 1.17. The Kier molecular flexibility index (Phi) is 3.98. The van der Waals surface area contributed by atoms with Crippen LogP contribution in [0, 0.1) is 0 Å². The first-order chi connectivity index (χ1) is 12.2. The number of rotatable bonds is 3. The molecule has 2 heterocycles. The van der Waals surface area contributed by atoms with Crippen LogP contribution >= 0.6 is 0 Å². The molecule has 0 unspecified atom stereocenters. The Morgan fingerprint density at radius 3 is 2.80 bits per heavy atom. The minimum atomic E-state index is -0.631. The highest BCUT2D eigenvalue weighted by atomic mass is 16.6. The van der Waals surface area contributed by atoms with E-state index in [9.17, 15) is 4.79 Å². The van der Waals surface area contributed by atoms with Crippen LogP contribution in [0.3, 0.4) is 0 Å². The monoisotopic (exact) mass is 334 g/mol. The third kappa shape index (κ3) is 3.13. The molecule has 1 atom stereocenters. The molecule has 0 radical (unpaired) electrons. The highest BCUT2D eigenvalue weighted by molar-refractivity contribution is 5.82. The van der Waals surface area contributed by atoms with Gasteiger partial charge in [-0.05, 0) is 29.8 Å². The molecular formula is C20H18N2O3. The maximum absolute atomic E-state index is 12.7. The molecule has 0 fully saturated rings. The van der Waals surface area contributed by atoms with Crippen molar-refractivity contribution in [2.45, 2.75) is 12.6 Å². The highest BCUT2D eigenvalue weighted by Crippen LogP contribution is 2.31. The topological polar surface area (TPSA) is 51.7 Å². The molecule has 5 nitrogen and oxygen atoms in total. The highest BCUT2D eigenvalue weighted by Gasteiger charge is 2.29. The molecule has 5 heteroatoms. The van der Waals surface area contributed by atoms with Crippen LogP contribution in [0.25, 0.3) is 10.9 Å². The van der Waals surface area contributed by atoms with E-state index >= 15 is 0 Å². The van der Waals surface area contributed by atoms with E-state index in [0.29, 0.717) is 18.0 Å². The Hall–Kier alpha value is -3.08. The Morgan fingerprint density at radius 2 is 1.92 bits per heavy atom. The van der Waals surface area contributed by atoms with Gasteiger partial charge in [-0.15, -0.1) is 0 Å². The van der Waals surface area contributed by atoms with Crippen LogP contribution in [0.2, 0.25) is 0 Å². The van der Waals surface area contributed by atoms with E-state index in [0.717, 1.165) is 16.5 Å². The summed E-state index contributed by atoms with van der Waals surface area (Å²) < 4.78 is 11.4. The zero-order chi connectivity index (χ0) is 17.2. The number of ether oxygens (including phenoxy) is 2. The number of amides is 1. The number of carbonyl (C=O) groups is 1. The number of hydrogen-bond acceptors (Lipinski definition) is 4. The number of pyridine rings is 1. The van der Waals surface area contributed by atoms with Crippen molar-refractivity contribution < 1.29 is 14.3 Å². The zero-order valence-electron chi connectivity index (χ0n) is 13.9. The lowest BCUT2D eigenvalue weighted by Gasteiger charge is -2.28. The number of nitrogens with zero attached hydrogens (tertiary/aromatic N) is 2. The third-order valence-electron chi connectivity index (χ3n) is 4.23. The molecular weight excluding hydrogens is 316 g/mol. The van der Waals surface area contributed by atoms with Crippen LogP contribution < -0.4 is 9.47 Å². The van der Waals surface area contributed by atoms with Gasteiger partial charge in [-0.3, -0.25) is 9.78 Å². The van der Waals surface area contributed by atoms with Crippen molar-refractivity contribution in [2.24, 2.45) is 0 Å². The zero-order valence-corrected chi connectivity index (χ0v) is 13.9. The SMILES string of the molecule is CN(Cc1cnc2ccccc2c1)C(=O)[C@H]1COc2ccccc2O1. The van der Waals surface area contributed by atoms with Crippen molar-refractivity contribution in [2.75, 3.05) is 13.7 Å². The first-order valence-electron chi connectivity index (χ1n) is 8.18. The normalized spacial score (nSPS) is 15.8. The Morgan fingerprint density at radius 1 is 1.16 bits per heavy atom. The Bertz CT molecular complexity index is 925. The molecule has 25 heavy (non-hydrogen) atoms. The quantitative estimate of drug-likeness (QED) is 0.739. The van der Waals surface area contributed by atoms with Gasteiger partial charge in [0.15, 0.2) is 11.5 Å². The van der Waals surface area contributed by atoms with Crippen LogP contribution in [-0.2, 0) is 11.3 Å². The summed E-state index contributed by atoms with van der Waals surface area (Å²) in [4.78, 5) is 18.8. The second kappa shape index (κ2) is 6.43. The van der Waals surface area contributed by atoms with Gasteiger partial charge in [0.1, 0.15) is 6.61 Å². The van der Waals surface area contributed by atoms with Gasteiger partial charge in [-0.2, -0.15) is 0 Å². The lowest BCUT2D eigenvalue weighted by molar-refractivity contribution is -0.140. The van der Waals surface area contributed by atoms with Crippen LogP contribution in [0.4, 0.5) is 0 Å². The van der Waals surface area contributed by atoms with Crippen LogP contribution in [0.15, 0.2) is 60.8 Å². The molecule has 0 spiro atoms. The number of hydrogen-bond donors (Lipinski definition) is 0. The van der Waals surface area contributed by atoms with E-state index in [4.69, 9.17) is 9.47 Å². The minimum absolute atomic E-state index is 0.109. The van der Waals surface area contributed by atoms with Gasteiger partial charge < -0.3 is 14.4 Å². The largest absolute Gasteiger partial charge is 0.485 e. The van der Waals surface area contributed by atoms with Crippen LogP contribution in [-0.4, -0.2) is 35.5 Å². The molecule has 1 aliphatic rings. The summed E-state index contributed by atoms with van der Waals surface area (Å²) in [6, 6.07) is 17.4. The van der Waals surface area contributed by atoms with E-state index in [1.54, 1.807) is 18.1 Å². The van der Waals surface area contributed by atoms with Gasteiger partial charge in [0, 0.05) is 25.2 Å². The second-order valence-electron chi connectivity index (χ2n) is 6.09. The van der Waals surface area contributed by atoms with E-state index in [1.165, 1.54) is 0 Å². The Labute approximate surface area is 145 Å². The molecule has 1 amide bonds.